The number of carbonyl (C=O) groups excluding carboxylic acids is 1. The second-order valence-corrected chi connectivity index (χ2v) is 10.3. The first-order valence-corrected chi connectivity index (χ1v) is 12.2. The lowest BCUT2D eigenvalue weighted by atomic mass is 10.0. The molecule has 0 fully saturated rings. The molecule has 0 saturated carbocycles. The molecule has 0 unspecified atom stereocenters. The molecule has 2 atom stereocenters. The second kappa shape index (κ2) is 7.70. The van der Waals surface area contributed by atoms with E-state index in [1.165, 1.54) is 12.1 Å². The average Bonchev–Trinajstić information content (AvgIpc) is 3.42. The SMILES string of the molecule is CC[S@@](=N)(=O)c1cc2c(cc1F)CCN2C(=O)[C@H]1Cc2cc(-c3ccccn3)ccc2O1. The number of ether oxygens (including phenoxy) is 1. The molecule has 2 aliphatic heterocycles. The summed E-state index contributed by atoms with van der Waals surface area (Å²) in [6.45, 7) is 1.99. The lowest BCUT2D eigenvalue weighted by Gasteiger charge is -2.22. The van der Waals surface area contributed by atoms with Crippen LogP contribution >= 0.6 is 0 Å². The van der Waals surface area contributed by atoms with Crippen LogP contribution in [0.3, 0.4) is 0 Å². The molecule has 2 aromatic carbocycles. The number of fused-ring (bicyclic) bond motifs is 2. The zero-order chi connectivity index (χ0) is 22.5. The summed E-state index contributed by atoms with van der Waals surface area (Å²) in [6.07, 6.45) is 1.99. The first-order valence-electron chi connectivity index (χ1n) is 10.5. The summed E-state index contributed by atoms with van der Waals surface area (Å²) < 4.78 is 40.9. The lowest BCUT2D eigenvalue weighted by Crippen LogP contribution is -2.40. The number of pyridine rings is 1. The Bertz CT molecular complexity index is 1330. The van der Waals surface area contributed by atoms with Crippen LogP contribution in [0, 0.1) is 10.6 Å². The average molecular weight is 452 g/mol. The molecule has 0 saturated heterocycles. The fraction of sp³-hybridized carbons (Fsp3) is 0.250. The highest BCUT2D eigenvalue weighted by Gasteiger charge is 2.36. The molecule has 6 nitrogen and oxygen atoms in total. The Kier molecular flexibility index (Phi) is 4.97. The molecular weight excluding hydrogens is 429 g/mol. The number of rotatable bonds is 4. The van der Waals surface area contributed by atoms with Gasteiger partial charge in [-0.1, -0.05) is 13.0 Å². The van der Waals surface area contributed by atoms with E-state index in [1.54, 1.807) is 18.0 Å². The third kappa shape index (κ3) is 3.44. The number of amides is 1. The van der Waals surface area contributed by atoms with Crippen LogP contribution in [-0.2, 0) is 27.4 Å². The Morgan fingerprint density at radius 3 is 2.84 bits per heavy atom. The fourth-order valence-electron chi connectivity index (χ4n) is 4.28. The highest BCUT2D eigenvalue weighted by molar-refractivity contribution is 7.92. The van der Waals surface area contributed by atoms with E-state index in [2.05, 4.69) is 4.98 Å². The number of benzene rings is 2. The van der Waals surface area contributed by atoms with Gasteiger partial charge in [0.2, 0.25) is 0 Å². The largest absolute Gasteiger partial charge is 0.480 e. The van der Waals surface area contributed by atoms with Crippen molar-refractivity contribution in [3.05, 3.63) is 71.7 Å². The molecule has 3 aromatic rings. The lowest BCUT2D eigenvalue weighted by molar-refractivity contribution is -0.124. The van der Waals surface area contributed by atoms with E-state index in [4.69, 9.17) is 9.52 Å². The third-order valence-corrected chi connectivity index (χ3v) is 7.86. The molecule has 2 aliphatic rings. The van der Waals surface area contributed by atoms with Crippen molar-refractivity contribution in [3.8, 4) is 17.0 Å². The zero-order valence-electron chi connectivity index (χ0n) is 17.5. The zero-order valence-corrected chi connectivity index (χ0v) is 18.3. The monoisotopic (exact) mass is 451 g/mol. The van der Waals surface area contributed by atoms with E-state index >= 15 is 0 Å². The number of nitrogens with zero attached hydrogens (tertiary/aromatic N) is 2. The van der Waals surface area contributed by atoms with E-state index < -0.39 is 21.7 Å². The topological polar surface area (TPSA) is 83.4 Å². The van der Waals surface area contributed by atoms with Gasteiger partial charge in [-0.25, -0.2) is 13.4 Å². The van der Waals surface area contributed by atoms with E-state index in [0.717, 1.165) is 16.8 Å². The summed E-state index contributed by atoms with van der Waals surface area (Å²) in [5.41, 5.74) is 3.94. The molecule has 1 N–H and O–H groups in total. The van der Waals surface area contributed by atoms with E-state index in [1.807, 2.05) is 36.4 Å². The Balaban J connectivity index is 1.41. The molecule has 3 heterocycles. The maximum atomic E-state index is 14.5. The minimum Gasteiger partial charge on any atom is -0.480 e. The summed E-state index contributed by atoms with van der Waals surface area (Å²) in [4.78, 5) is 19.1. The maximum absolute atomic E-state index is 14.5. The van der Waals surface area contributed by atoms with Crippen LogP contribution in [0.25, 0.3) is 11.3 Å². The van der Waals surface area contributed by atoms with Gasteiger partial charge in [-0.05, 0) is 60.0 Å². The smallest absolute Gasteiger partial charge is 0.268 e. The summed E-state index contributed by atoms with van der Waals surface area (Å²) in [5, 5.41) is 0. The van der Waals surface area contributed by atoms with Crippen molar-refractivity contribution in [2.75, 3.05) is 17.2 Å². The predicted octanol–water partition coefficient (Wildman–Crippen LogP) is 4.21. The normalized spacial score (nSPS) is 18.6. The van der Waals surface area contributed by atoms with Crippen molar-refractivity contribution < 1.29 is 18.1 Å². The van der Waals surface area contributed by atoms with Gasteiger partial charge in [0, 0.05) is 36.2 Å². The molecular formula is C24H22FN3O3S. The van der Waals surface area contributed by atoms with Gasteiger partial charge < -0.3 is 9.64 Å². The quantitative estimate of drug-likeness (QED) is 0.644. The molecule has 0 spiro atoms. The van der Waals surface area contributed by atoms with Crippen molar-refractivity contribution in [1.82, 2.24) is 4.98 Å². The number of halogens is 1. The van der Waals surface area contributed by atoms with Crippen LogP contribution in [0.5, 0.6) is 5.75 Å². The molecule has 8 heteroatoms. The fourth-order valence-corrected chi connectivity index (χ4v) is 5.27. The van der Waals surface area contributed by atoms with Gasteiger partial charge in [0.15, 0.2) is 6.10 Å². The number of aromatic nitrogens is 1. The highest BCUT2D eigenvalue weighted by atomic mass is 32.2. The van der Waals surface area contributed by atoms with Crippen molar-refractivity contribution in [2.24, 2.45) is 0 Å². The Morgan fingerprint density at radius 1 is 1.25 bits per heavy atom. The minimum absolute atomic E-state index is 0.0102. The second-order valence-electron chi connectivity index (χ2n) is 7.96. The van der Waals surface area contributed by atoms with Crippen LogP contribution in [0.1, 0.15) is 18.1 Å². The number of hydrogen-bond donors (Lipinski definition) is 1. The summed E-state index contributed by atoms with van der Waals surface area (Å²) in [7, 11) is -3.24. The van der Waals surface area contributed by atoms with Crippen molar-refractivity contribution in [3.63, 3.8) is 0 Å². The molecule has 0 radical (unpaired) electrons. The van der Waals surface area contributed by atoms with Gasteiger partial charge in [0.1, 0.15) is 11.6 Å². The first-order chi connectivity index (χ1) is 15.4. The van der Waals surface area contributed by atoms with Gasteiger partial charge in [0.05, 0.1) is 20.3 Å². The van der Waals surface area contributed by atoms with Gasteiger partial charge in [0.25, 0.3) is 5.91 Å². The summed E-state index contributed by atoms with van der Waals surface area (Å²) in [5.74, 6) is -0.185. The van der Waals surface area contributed by atoms with Crippen LogP contribution in [-0.4, -0.2) is 33.5 Å². The Morgan fingerprint density at radius 2 is 2.09 bits per heavy atom. The predicted molar refractivity (Wildman–Crippen MR) is 120 cm³/mol. The van der Waals surface area contributed by atoms with Crippen molar-refractivity contribution in [2.45, 2.75) is 30.8 Å². The van der Waals surface area contributed by atoms with Crippen LogP contribution < -0.4 is 9.64 Å². The van der Waals surface area contributed by atoms with Crippen molar-refractivity contribution >= 4 is 21.3 Å². The molecule has 1 aromatic heterocycles. The van der Waals surface area contributed by atoms with E-state index in [-0.39, 0.29) is 16.6 Å². The molecule has 0 aliphatic carbocycles. The summed E-state index contributed by atoms with van der Waals surface area (Å²) in [6, 6.07) is 14.2. The highest BCUT2D eigenvalue weighted by Crippen LogP contribution is 2.37. The standard InChI is InChI=1S/C24H22FN3O3S/c1-2-32(26,30)23-14-20-16(12-18(23)25)8-10-28(20)24(29)22-13-17-11-15(6-7-21(17)31-22)19-5-3-4-9-27-19/h3-7,9,11-12,14,22,26H,2,8,10,13H2,1H3/t22-,32-/m1/s1. The number of anilines is 1. The Labute approximate surface area is 186 Å². The minimum atomic E-state index is -3.24. The molecule has 32 heavy (non-hydrogen) atoms. The van der Waals surface area contributed by atoms with E-state index in [0.29, 0.717) is 36.4 Å². The van der Waals surface area contributed by atoms with E-state index in [9.17, 15) is 13.4 Å². The summed E-state index contributed by atoms with van der Waals surface area (Å²) >= 11 is 0. The first kappa shape index (κ1) is 20.6. The van der Waals surface area contributed by atoms with Gasteiger partial charge >= 0.3 is 0 Å². The third-order valence-electron chi connectivity index (χ3n) is 6.03. The number of nitrogens with one attached hydrogen (secondary N) is 1. The van der Waals surface area contributed by atoms with Crippen molar-refractivity contribution in [1.29, 1.82) is 4.78 Å². The molecule has 164 valence electrons. The number of hydrogen-bond acceptors (Lipinski definition) is 5. The van der Waals surface area contributed by atoms with Gasteiger partial charge in [-0.2, -0.15) is 0 Å². The number of carbonyl (C=O) groups is 1. The maximum Gasteiger partial charge on any atom is 0.268 e. The molecule has 5 rings (SSSR count). The van der Waals surface area contributed by atoms with Crippen LogP contribution in [0.4, 0.5) is 10.1 Å². The van der Waals surface area contributed by atoms with Crippen LogP contribution in [0.2, 0.25) is 0 Å². The molecule has 0 bridgehead atoms. The molecule has 1 amide bonds. The van der Waals surface area contributed by atoms with Gasteiger partial charge in [-0.3, -0.25) is 9.78 Å². The van der Waals surface area contributed by atoms with Gasteiger partial charge in [-0.15, -0.1) is 0 Å². The Hall–Kier alpha value is -3.26. The van der Waals surface area contributed by atoms with Crippen LogP contribution in [0.15, 0.2) is 59.6 Å².